The lowest BCUT2D eigenvalue weighted by Gasteiger charge is -2.25. The highest BCUT2D eigenvalue weighted by Crippen LogP contribution is 2.31. The van der Waals surface area contributed by atoms with Crippen molar-refractivity contribution in [2.45, 2.75) is 31.2 Å². The van der Waals surface area contributed by atoms with Crippen LogP contribution < -0.4 is 15.5 Å². The first-order valence-corrected chi connectivity index (χ1v) is 12.5. The van der Waals surface area contributed by atoms with Gasteiger partial charge in [-0.05, 0) is 50.1 Å². The molecule has 0 spiro atoms. The lowest BCUT2D eigenvalue weighted by atomic mass is 9.98. The van der Waals surface area contributed by atoms with Crippen LogP contribution in [0.15, 0.2) is 53.4 Å². The second kappa shape index (κ2) is 9.00. The molecule has 2 aliphatic heterocycles. The van der Waals surface area contributed by atoms with Gasteiger partial charge < -0.3 is 15.5 Å². The summed E-state index contributed by atoms with van der Waals surface area (Å²) in [5, 5.41) is 7.47. The quantitative estimate of drug-likeness (QED) is 0.640. The molecule has 2 aliphatic rings. The fourth-order valence-electron chi connectivity index (χ4n) is 4.54. The van der Waals surface area contributed by atoms with Crippen molar-refractivity contribution in [3.8, 4) is 0 Å². The van der Waals surface area contributed by atoms with Crippen LogP contribution in [0, 0.1) is 12.8 Å². The van der Waals surface area contributed by atoms with Crippen LogP contribution in [0.2, 0.25) is 0 Å². The van der Waals surface area contributed by atoms with Gasteiger partial charge in [-0.15, -0.1) is 0 Å². The highest BCUT2D eigenvalue weighted by Gasteiger charge is 2.24. The van der Waals surface area contributed by atoms with Crippen LogP contribution in [0.1, 0.15) is 24.0 Å². The third-order valence-corrected chi connectivity index (χ3v) is 7.77. The Bertz CT molecular complexity index is 1190. The highest BCUT2D eigenvalue weighted by molar-refractivity contribution is 7.85. The molecule has 1 saturated heterocycles. The Morgan fingerprint density at radius 2 is 2.09 bits per heavy atom. The highest BCUT2D eigenvalue weighted by atomic mass is 32.2. The van der Waals surface area contributed by atoms with Crippen LogP contribution >= 0.6 is 0 Å². The van der Waals surface area contributed by atoms with Crippen LogP contribution in [0.25, 0.3) is 10.9 Å². The van der Waals surface area contributed by atoms with E-state index in [-0.39, 0.29) is 11.8 Å². The molecule has 3 heterocycles. The molecular weight excluding hydrogens is 420 g/mol. The van der Waals surface area contributed by atoms with Crippen molar-refractivity contribution in [1.29, 1.82) is 0 Å². The third kappa shape index (κ3) is 4.27. The molecule has 2 N–H and O–H groups in total. The molecule has 1 aromatic heterocycles. The van der Waals surface area contributed by atoms with E-state index in [2.05, 4.69) is 21.6 Å². The zero-order valence-corrected chi connectivity index (χ0v) is 19.1. The van der Waals surface area contributed by atoms with E-state index in [0.717, 1.165) is 64.4 Å². The van der Waals surface area contributed by atoms with Crippen molar-refractivity contribution >= 4 is 39.1 Å². The van der Waals surface area contributed by atoms with Crippen LogP contribution in [-0.4, -0.2) is 40.5 Å². The molecule has 1 amide bonds. The van der Waals surface area contributed by atoms with E-state index in [1.807, 2.05) is 49.4 Å². The van der Waals surface area contributed by atoms with E-state index in [0.29, 0.717) is 18.8 Å². The molecule has 5 rings (SSSR count). The number of pyridine rings is 1. The number of fused-ring (bicyclic) bond motifs is 2. The normalized spacial score (nSPS) is 21.1. The maximum absolute atomic E-state index is 13.0. The number of aryl methyl sites for hydroxylation is 1. The summed E-state index contributed by atoms with van der Waals surface area (Å²) in [5.74, 6) is 1.39. The number of nitrogens with one attached hydrogen (secondary N) is 2. The summed E-state index contributed by atoms with van der Waals surface area (Å²) in [6.45, 7) is 5.03. The molecule has 0 bridgehead atoms. The summed E-state index contributed by atoms with van der Waals surface area (Å²) >= 11 is 0. The van der Waals surface area contributed by atoms with E-state index in [4.69, 9.17) is 4.98 Å². The maximum atomic E-state index is 13.0. The van der Waals surface area contributed by atoms with Crippen molar-refractivity contribution in [2.75, 3.05) is 35.6 Å². The summed E-state index contributed by atoms with van der Waals surface area (Å²) in [6.07, 6.45) is 1.92. The number of benzene rings is 2. The molecule has 0 saturated carbocycles. The second-order valence-corrected chi connectivity index (χ2v) is 10.2. The molecule has 0 radical (unpaired) electrons. The van der Waals surface area contributed by atoms with Gasteiger partial charge in [-0.1, -0.05) is 29.8 Å². The van der Waals surface area contributed by atoms with Gasteiger partial charge in [0.1, 0.15) is 5.82 Å². The average molecular weight is 449 g/mol. The molecule has 7 heteroatoms. The second-order valence-electron chi connectivity index (χ2n) is 8.66. The van der Waals surface area contributed by atoms with Crippen molar-refractivity contribution in [1.82, 2.24) is 10.3 Å². The van der Waals surface area contributed by atoms with Gasteiger partial charge in [0.25, 0.3) is 0 Å². The number of carbonyl (C=O) groups is 1. The van der Waals surface area contributed by atoms with Gasteiger partial charge in [-0.2, -0.15) is 0 Å². The SMILES string of the molecule is Cc1ccc2nc(N3CCS(=O)c4ccccc4C3)cc(NC(=O)C3CCCNC3)c2c1. The van der Waals surface area contributed by atoms with Gasteiger partial charge in [0, 0.05) is 41.7 Å². The van der Waals surface area contributed by atoms with Crippen LogP contribution in [-0.2, 0) is 22.1 Å². The Morgan fingerprint density at radius 1 is 1.22 bits per heavy atom. The minimum absolute atomic E-state index is 0.0206. The first-order valence-electron chi connectivity index (χ1n) is 11.2. The Labute approximate surface area is 190 Å². The van der Waals surface area contributed by atoms with Gasteiger partial charge in [-0.25, -0.2) is 4.98 Å². The summed E-state index contributed by atoms with van der Waals surface area (Å²) < 4.78 is 12.7. The molecule has 2 atom stereocenters. The Morgan fingerprint density at radius 3 is 2.94 bits per heavy atom. The Balaban J connectivity index is 1.52. The molecule has 6 nitrogen and oxygen atoms in total. The zero-order valence-electron chi connectivity index (χ0n) is 18.3. The predicted molar refractivity (Wildman–Crippen MR) is 129 cm³/mol. The van der Waals surface area contributed by atoms with Crippen molar-refractivity contribution in [3.63, 3.8) is 0 Å². The minimum Gasteiger partial charge on any atom is -0.351 e. The smallest absolute Gasteiger partial charge is 0.228 e. The number of hydrogen-bond donors (Lipinski definition) is 2. The summed E-state index contributed by atoms with van der Waals surface area (Å²) in [4.78, 5) is 21.0. The average Bonchev–Trinajstić information content (AvgIpc) is 2.99. The van der Waals surface area contributed by atoms with Crippen LogP contribution in [0.5, 0.6) is 0 Å². The number of rotatable bonds is 3. The minimum atomic E-state index is -1.02. The molecule has 2 unspecified atom stereocenters. The first-order chi connectivity index (χ1) is 15.6. The van der Waals surface area contributed by atoms with Crippen LogP contribution in [0.4, 0.5) is 11.5 Å². The zero-order chi connectivity index (χ0) is 22.1. The molecule has 3 aromatic rings. The van der Waals surface area contributed by atoms with Gasteiger partial charge in [0.15, 0.2) is 0 Å². The lowest BCUT2D eigenvalue weighted by molar-refractivity contribution is -0.120. The summed E-state index contributed by atoms with van der Waals surface area (Å²) in [7, 11) is -1.02. The number of piperidine rings is 1. The predicted octanol–water partition coefficient (Wildman–Crippen LogP) is 3.61. The number of aromatic nitrogens is 1. The number of anilines is 2. The van der Waals surface area contributed by atoms with Crippen molar-refractivity contribution in [2.24, 2.45) is 5.92 Å². The van der Waals surface area contributed by atoms with Crippen molar-refractivity contribution in [3.05, 3.63) is 59.7 Å². The monoisotopic (exact) mass is 448 g/mol. The molecule has 2 aromatic carbocycles. The molecule has 166 valence electrons. The Kier molecular flexibility index (Phi) is 5.93. The fraction of sp³-hybridized carbons (Fsp3) is 0.360. The van der Waals surface area contributed by atoms with Gasteiger partial charge in [-0.3, -0.25) is 9.00 Å². The van der Waals surface area contributed by atoms with Gasteiger partial charge >= 0.3 is 0 Å². The van der Waals surface area contributed by atoms with Crippen LogP contribution in [0.3, 0.4) is 0 Å². The number of amides is 1. The van der Waals surface area contributed by atoms with E-state index in [9.17, 15) is 9.00 Å². The summed E-state index contributed by atoms with van der Waals surface area (Å²) in [5.41, 5.74) is 3.83. The topological polar surface area (TPSA) is 74.3 Å². The number of nitrogens with zero attached hydrogens (tertiary/aromatic N) is 2. The van der Waals surface area contributed by atoms with Gasteiger partial charge in [0.2, 0.25) is 5.91 Å². The maximum Gasteiger partial charge on any atom is 0.228 e. The molecule has 32 heavy (non-hydrogen) atoms. The van der Waals surface area contributed by atoms with E-state index >= 15 is 0 Å². The largest absolute Gasteiger partial charge is 0.351 e. The standard InChI is InChI=1S/C25H28N4O2S/c1-17-8-9-21-20(13-17)22(28-25(30)18-6-4-10-26-15-18)14-24(27-21)29-11-12-32(31)23-7-3-2-5-19(23)16-29/h2-3,5,7-9,13-14,18,26H,4,6,10-12,15-16H2,1H3,(H,27,28,30). The number of carbonyl (C=O) groups excluding carboxylic acids is 1. The van der Waals surface area contributed by atoms with Gasteiger partial charge in [0.05, 0.1) is 27.9 Å². The molecule has 1 fully saturated rings. The molecular formula is C25H28N4O2S. The first kappa shape index (κ1) is 21.1. The van der Waals surface area contributed by atoms with E-state index in [1.54, 1.807) is 0 Å². The third-order valence-electron chi connectivity index (χ3n) is 6.33. The lowest BCUT2D eigenvalue weighted by Crippen LogP contribution is -2.37. The van der Waals surface area contributed by atoms with E-state index < -0.39 is 10.8 Å². The fourth-order valence-corrected chi connectivity index (χ4v) is 5.80. The Hall–Kier alpha value is -2.77. The summed E-state index contributed by atoms with van der Waals surface area (Å²) in [6, 6.07) is 16.0. The van der Waals surface area contributed by atoms with E-state index in [1.165, 1.54) is 0 Å². The molecule has 0 aliphatic carbocycles. The number of hydrogen-bond acceptors (Lipinski definition) is 5. The van der Waals surface area contributed by atoms with Crippen molar-refractivity contribution < 1.29 is 9.00 Å².